The number of carbonyl (C=O) groups is 2. The third-order valence-electron chi connectivity index (χ3n) is 6.28. The molecule has 168 valence electrons. The number of rotatable bonds is 8. The Kier molecular flexibility index (Phi) is 6.63. The molecule has 5 heteroatoms. The molecular weight excluding hydrogens is 400 g/mol. The second-order valence-electron chi connectivity index (χ2n) is 8.78. The fourth-order valence-corrected chi connectivity index (χ4v) is 4.44. The lowest BCUT2D eigenvalue weighted by atomic mass is 9.87. The summed E-state index contributed by atoms with van der Waals surface area (Å²) in [5.41, 5.74) is 4.61. The van der Waals surface area contributed by atoms with Gasteiger partial charge in [0.1, 0.15) is 5.75 Å². The van der Waals surface area contributed by atoms with Gasteiger partial charge in [0.2, 0.25) is 5.91 Å². The minimum Gasteiger partial charge on any atom is -0.481 e. The lowest BCUT2D eigenvalue weighted by Crippen LogP contribution is -2.41. The van der Waals surface area contributed by atoms with Crippen LogP contribution in [0.5, 0.6) is 5.75 Å². The highest BCUT2D eigenvalue weighted by Gasteiger charge is 2.39. The van der Waals surface area contributed by atoms with E-state index in [1.807, 2.05) is 24.0 Å². The molecule has 1 aliphatic carbocycles. The smallest absolute Gasteiger partial charge is 0.261 e. The first kappa shape index (κ1) is 22.1. The van der Waals surface area contributed by atoms with Crippen LogP contribution in [0.3, 0.4) is 0 Å². The summed E-state index contributed by atoms with van der Waals surface area (Å²) in [6.45, 7) is 8.79. The van der Waals surface area contributed by atoms with E-state index in [0.29, 0.717) is 18.7 Å². The monoisotopic (exact) mass is 432 g/mol. The molecule has 2 atom stereocenters. The molecule has 2 aromatic rings. The van der Waals surface area contributed by atoms with Gasteiger partial charge >= 0.3 is 0 Å². The molecule has 1 heterocycles. The van der Waals surface area contributed by atoms with Crippen molar-refractivity contribution in [3.63, 3.8) is 0 Å². The highest BCUT2D eigenvalue weighted by molar-refractivity contribution is 5.82. The van der Waals surface area contributed by atoms with E-state index >= 15 is 0 Å². The Morgan fingerprint density at radius 1 is 1.25 bits per heavy atom. The van der Waals surface area contributed by atoms with Gasteiger partial charge in [-0.15, -0.1) is 6.58 Å². The number of benzene rings is 2. The van der Waals surface area contributed by atoms with E-state index in [4.69, 9.17) is 4.74 Å². The Hall–Kier alpha value is -3.08. The van der Waals surface area contributed by atoms with Gasteiger partial charge in [0.15, 0.2) is 6.10 Å². The lowest BCUT2D eigenvalue weighted by molar-refractivity contribution is -0.134. The molecule has 2 aliphatic rings. The second kappa shape index (κ2) is 9.60. The van der Waals surface area contributed by atoms with Gasteiger partial charge in [-0.05, 0) is 61.4 Å². The van der Waals surface area contributed by atoms with Gasteiger partial charge in [-0.1, -0.05) is 48.9 Å². The Balaban J connectivity index is 1.68. The van der Waals surface area contributed by atoms with Crippen LogP contribution < -0.4 is 10.1 Å². The topological polar surface area (TPSA) is 58.6 Å². The number of hydrogen-bond donors (Lipinski definition) is 1. The van der Waals surface area contributed by atoms with Crippen molar-refractivity contribution in [3.05, 3.63) is 77.4 Å². The molecule has 0 aromatic heterocycles. The third kappa shape index (κ3) is 4.72. The average molecular weight is 433 g/mol. The molecular formula is C27H32N2O3. The van der Waals surface area contributed by atoms with Gasteiger partial charge in [0.25, 0.3) is 5.91 Å². The van der Waals surface area contributed by atoms with Crippen LogP contribution in [0.2, 0.25) is 0 Å². The summed E-state index contributed by atoms with van der Waals surface area (Å²) in [4.78, 5) is 27.7. The van der Waals surface area contributed by atoms with Crippen molar-refractivity contribution in [1.29, 1.82) is 0 Å². The number of nitrogens with one attached hydrogen (secondary N) is 1. The number of ether oxygens (including phenoxy) is 1. The zero-order chi connectivity index (χ0) is 22.7. The van der Waals surface area contributed by atoms with Gasteiger partial charge in [0.05, 0.1) is 6.04 Å². The maximum absolute atomic E-state index is 13.2. The number of fused-ring (bicyclic) bond motifs is 1. The van der Waals surface area contributed by atoms with E-state index in [-0.39, 0.29) is 23.8 Å². The maximum Gasteiger partial charge on any atom is 0.261 e. The van der Waals surface area contributed by atoms with E-state index in [1.165, 1.54) is 11.1 Å². The fourth-order valence-electron chi connectivity index (χ4n) is 4.44. The minimum atomic E-state index is -0.571. The summed E-state index contributed by atoms with van der Waals surface area (Å²) in [5.74, 6) is 0.929. The molecule has 5 nitrogen and oxygen atoms in total. The van der Waals surface area contributed by atoms with Crippen LogP contribution in [0.4, 0.5) is 0 Å². The molecule has 0 bridgehead atoms. The molecule has 1 fully saturated rings. The first-order valence-corrected chi connectivity index (χ1v) is 11.6. The summed E-state index contributed by atoms with van der Waals surface area (Å²) in [7, 11) is 0. The number of hydrogen-bond acceptors (Lipinski definition) is 3. The van der Waals surface area contributed by atoms with Crippen molar-refractivity contribution in [2.24, 2.45) is 5.92 Å². The number of aryl methyl sites for hydroxylation is 1. The van der Waals surface area contributed by atoms with Crippen LogP contribution >= 0.6 is 0 Å². The van der Waals surface area contributed by atoms with E-state index in [1.54, 1.807) is 6.08 Å². The Bertz CT molecular complexity index is 1010. The normalized spacial score (nSPS) is 18.4. The van der Waals surface area contributed by atoms with Crippen molar-refractivity contribution in [2.75, 3.05) is 13.1 Å². The van der Waals surface area contributed by atoms with Crippen LogP contribution in [0, 0.1) is 12.8 Å². The zero-order valence-corrected chi connectivity index (χ0v) is 19.0. The molecule has 0 saturated heterocycles. The van der Waals surface area contributed by atoms with E-state index in [9.17, 15) is 9.59 Å². The molecule has 0 unspecified atom stereocenters. The fraction of sp³-hybridized carbons (Fsp3) is 0.407. The van der Waals surface area contributed by atoms with Gasteiger partial charge in [0, 0.05) is 19.0 Å². The summed E-state index contributed by atoms with van der Waals surface area (Å²) in [5, 5.41) is 2.81. The summed E-state index contributed by atoms with van der Waals surface area (Å²) >= 11 is 0. The summed E-state index contributed by atoms with van der Waals surface area (Å²) in [6.07, 6.45) is 4.45. The van der Waals surface area contributed by atoms with Gasteiger partial charge < -0.3 is 15.0 Å². The highest BCUT2D eigenvalue weighted by atomic mass is 16.5. The first-order valence-electron chi connectivity index (χ1n) is 11.6. The number of nitrogens with zero attached hydrogens (tertiary/aromatic N) is 1. The zero-order valence-electron chi connectivity index (χ0n) is 19.0. The number of carbonyl (C=O) groups excluding carboxylic acids is 2. The maximum atomic E-state index is 13.2. The van der Waals surface area contributed by atoms with Crippen LogP contribution in [-0.2, 0) is 16.0 Å². The molecule has 4 rings (SSSR count). The van der Waals surface area contributed by atoms with Crippen molar-refractivity contribution in [1.82, 2.24) is 10.2 Å². The third-order valence-corrected chi connectivity index (χ3v) is 6.28. The Morgan fingerprint density at radius 2 is 2.06 bits per heavy atom. The van der Waals surface area contributed by atoms with Crippen LogP contribution in [0.25, 0.3) is 0 Å². The van der Waals surface area contributed by atoms with Crippen molar-refractivity contribution >= 4 is 11.8 Å². The molecule has 32 heavy (non-hydrogen) atoms. The quantitative estimate of drug-likeness (QED) is 0.632. The van der Waals surface area contributed by atoms with Crippen LogP contribution in [-0.4, -0.2) is 35.9 Å². The van der Waals surface area contributed by atoms with Gasteiger partial charge in [-0.2, -0.15) is 0 Å². The Labute approximate surface area is 190 Å². The largest absolute Gasteiger partial charge is 0.481 e. The van der Waals surface area contributed by atoms with E-state index < -0.39 is 6.10 Å². The van der Waals surface area contributed by atoms with Gasteiger partial charge in [-0.3, -0.25) is 9.59 Å². The Morgan fingerprint density at radius 3 is 2.75 bits per heavy atom. The van der Waals surface area contributed by atoms with Gasteiger partial charge in [-0.25, -0.2) is 0 Å². The molecule has 2 aromatic carbocycles. The summed E-state index contributed by atoms with van der Waals surface area (Å²) in [6, 6.07) is 14.3. The SMILES string of the molecule is C=CCNC(=O)[C@H](CC)Oc1ccc2c(c1)[C@@H](c1cccc(C)c1)N(C(=O)C1CC1)CC2. The first-order chi connectivity index (χ1) is 15.5. The average Bonchev–Trinajstić information content (AvgIpc) is 3.65. The molecule has 1 N–H and O–H groups in total. The minimum absolute atomic E-state index is 0.134. The second-order valence-corrected chi connectivity index (χ2v) is 8.78. The van der Waals surface area contributed by atoms with Crippen molar-refractivity contribution in [3.8, 4) is 5.75 Å². The number of amides is 2. The molecule has 1 saturated carbocycles. The molecule has 2 amide bonds. The van der Waals surface area contributed by atoms with Crippen molar-refractivity contribution in [2.45, 2.75) is 51.7 Å². The molecule has 0 spiro atoms. The molecule has 1 aliphatic heterocycles. The highest BCUT2D eigenvalue weighted by Crippen LogP contribution is 2.41. The molecule has 0 radical (unpaired) electrons. The summed E-state index contributed by atoms with van der Waals surface area (Å²) < 4.78 is 6.10. The standard InChI is InChI=1S/C27H32N2O3/c1-4-14-28-26(30)24(5-2)32-22-12-11-19-13-15-29(27(31)20-9-10-20)25(23(19)17-22)21-8-6-7-18(3)16-21/h4,6-8,11-12,16-17,20,24-25H,1,5,9-10,13-15H2,2-3H3,(H,28,30)/t24-,25+/m0/s1. The lowest BCUT2D eigenvalue weighted by Gasteiger charge is -2.38. The predicted octanol–water partition coefficient (Wildman–Crippen LogP) is 4.34. The van der Waals surface area contributed by atoms with Crippen molar-refractivity contribution < 1.29 is 14.3 Å². The van der Waals surface area contributed by atoms with E-state index in [2.05, 4.69) is 49.2 Å². The van der Waals surface area contributed by atoms with E-state index in [0.717, 1.165) is 36.9 Å². The predicted molar refractivity (Wildman–Crippen MR) is 126 cm³/mol. The van der Waals surface area contributed by atoms with Crippen LogP contribution in [0.15, 0.2) is 55.1 Å². The van der Waals surface area contributed by atoms with Crippen LogP contribution in [0.1, 0.15) is 54.5 Å².